The fourth-order valence-electron chi connectivity index (χ4n) is 1.81. The van der Waals surface area contributed by atoms with Gasteiger partial charge in [-0.15, -0.1) is 14.8 Å². The lowest BCUT2D eigenvalue weighted by Gasteiger charge is -1.98. The van der Waals surface area contributed by atoms with E-state index in [0.717, 1.165) is 4.57 Å². The van der Waals surface area contributed by atoms with Gasteiger partial charge in [0.15, 0.2) is 9.99 Å². The summed E-state index contributed by atoms with van der Waals surface area (Å²) in [4.78, 5) is 27.6. The summed E-state index contributed by atoms with van der Waals surface area (Å²) in [5.41, 5.74) is 0.862. The molecule has 0 atom stereocenters. The summed E-state index contributed by atoms with van der Waals surface area (Å²) in [7, 11) is 0. The van der Waals surface area contributed by atoms with E-state index in [1.54, 1.807) is 19.9 Å². The Morgan fingerprint density at radius 3 is 3.04 bits per heavy atom. The van der Waals surface area contributed by atoms with Crippen molar-refractivity contribution in [2.24, 2.45) is 0 Å². The van der Waals surface area contributed by atoms with Crippen LogP contribution in [0.5, 0.6) is 0 Å². The standard InChI is InChI=1S/C13H13N5O3S2/c1-3-10(19)15-12-16-17-13(23-12)22-6-8-5-11(20)18-9(14-8)4-7(2)21-18/h4-5H,3,6H2,1-2H3,(H,15,16,19). The smallest absolute Gasteiger partial charge is 0.287 e. The SMILES string of the molecule is CCC(=O)Nc1nnc(SCc2cc(=O)n3oc(C)cc3n2)s1. The summed E-state index contributed by atoms with van der Waals surface area (Å²) in [5, 5.41) is 11.0. The number of thioether (sulfide) groups is 1. The lowest BCUT2D eigenvalue weighted by molar-refractivity contribution is -0.115. The lowest BCUT2D eigenvalue weighted by atomic mass is 10.4. The highest BCUT2D eigenvalue weighted by atomic mass is 32.2. The van der Waals surface area contributed by atoms with E-state index in [9.17, 15) is 9.59 Å². The van der Waals surface area contributed by atoms with E-state index in [0.29, 0.717) is 38.7 Å². The van der Waals surface area contributed by atoms with Crippen LogP contribution in [0, 0.1) is 6.92 Å². The lowest BCUT2D eigenvalue weighted by Crippen LogP contribution is -2.12. The number of amides is 1. The number of fused-ring (bicyclic) bond motifs is 1. The van der Waals surface area contributed by atoms with E-state index in [2.05, 4.69) is 20.5 Å². The number of hydrogen-bond acceptors (Lipinski definition) is 8. The molecule has 0 unspecified atom stereocenters. The number of rotatable bonds is 5. The van der Waals surface area contributed by atoms with Gasteiger partial charge in [-0.25, -0.2) is 4.98 Å². The Balaban J connectivity index is 1.71. The first-order valence-electron chi connectivity index (χ1n) is 6.81. The topological polar surface area (TPSA) is 102 Å². The average molecular weight is 351 g/mol. The third kappa shape index (κ3) is 3.59. The van der Waals surface area contributed by atoms with Crippen LogP contribution < -0.4 is 10.9 Å². The molecule has 120 valence electrons. The van der Waals surface area contributed by atoms with Gasteiger partial charge in [0.25, 0.3) is 5.56 Å². The predicted molar refractivity (Wildman–Crippen MR) is 86.9 cm³/mol. The van der Waals surface area contributed by atoms with E-state index in [-0.39, 0.29) is 11.5 Å². The Morgan fingerprint density at radius 2 is 2.26 bits per heavy atom. The highest BCUT2D eigenvalue weighted by Gasteiger charge is 2.10. The number of aromatic nitrogens is 4. The molecule has 3 rings (SSSR count). The normalized spacial score (nSPS) is 11.0. The molecule has 0 aliphatic rings. The first kappa shape index (κ1) is 15.7. The van der Waals surface area contributed by atoms with Gasteiger partial charge in [0, 0.05) is 24.3 Å². The summed E-state index contributed by atoms with van der Waals surface area (Å²) in [5.74, 6) is 1.000. The summed E-state index contributed by atoms with van der Waals surface area (Å²) in [6, 6.07) is 3.14. The van der Waals surface area contributed by atoms with Crippen LogP contribution in [-0.4, -0.2) is 25.7 Å². The maximum Gasteiger partial charge on any atom is 0.287 e. The molecular weight excluding hydrogens is 338 g/mol. The van der Waals surface area contributed by atoms with Gasteiger partial charge in [0.2, 0.25) is 11.0 Å². The highest BCUT2D eigenvalue weighted by Crippen LogP contribution is 2.27. The summed E-state index contributed by atoms with van der Waals surface area (Å²) in [6.07, 6.45) is 0.389. The Labute approximate surface area is 138 Å². The second kappa shape index (κ2) is 6.50. The molecule has 0 saturated carbocycles. The number of anilines is 1. The molecule has 0 bridgehead atoms. The molecule has 0 aliphatic heterocycles. The maximum atomic E-state index is 11.9. The zero-order chi connectivity index (χ0) is 16.4. The van der Waals surface area contributed by atoms with Crippen molar-refractivity contribution in [1.82, 2.24) is 19.8 Å². The van der Waals surface area contributed by atoms with Crippen molar-refractivity contribution in [1.29, 1.82) is 0 Å². The third-order valence-electron chi connectivity index (χ3n) is 2.84. The van der Waals surface area contributed by atoms with E-state index < -0.39 is 0 Å². The number of carbonyl (C=O) groups is 1. The monoisotopic (exact) mass is 351 g/mol. The van der Waals surface area contributed by atoms with Crippen LogP contribution in [0.2, 0.25) is 0 Å². The van der Waals surface area contributed by atoms with Crippen molar-refractivity contribution < 1.29 is 9.32 Å². The van der Waals surface area contributed by atoms with Gasteiger partial charge in [-0.3, -0.25) is 9.59 Å². The van der Waals surface area contributed by atoms with Crippen molar-refractivity contribution in [3.8, 4) is 0 Å². The molecule has 8 nitrogen and oxygen atoms in total. The van der Waals surface area contributed by atoms with Gasteiger partial charge in [-0.05, 0) is 6.92 Å². The van der Waals surface area contributed by atoms with Gasteiger partial charge >= 0.3 is 0 Å². The Kier molecular flexibility index (Phi) is 4.44. The molecule has 3 heterocycles. The van der Waals surface area contributed by atoms with Crippen molar-refractivity contribution in [2.75, 3.05) is 5.32 Å². The summed E-state index contributed by atoms with van der Waals surface area (Å²) < 4.78 is 7.10. The van der Waals surface area contributed by atoms with Crippen molar-refractivity contribution in [3.63, 3.8) is 0 Å². The van der Waals surface area contributed by atoms with Crippen LogP contribution in [0.1, 0.15) is 24.8 Å². The van der Waals surface area contributed by atoms with Crippen LogP contribution in [0.4, 0.5) is 5.13 Å². The number of aryl methyl sites for hydroxylation is 1. The first-order valence-corrected chi connectivity index (χ1v) is 8.61. The number of nitrogens with zero attached hydrogens (tertiary/aromatic N) is 4. The van der Waals surface area contributed by atoms with Crippen LogP contribution >= 0.6 is 23.1 Å². The molecule has 1 amide bonds. The Hall–Kier alpha value is -2.20. The molecule has 0 spiro atoms. The predicted octanol–water partition coefficient (Wildman–Crippen LogP) is 2.09. The zero-order valence-corrected chi connectivity index (χ0v) is 14.0. The van der Waals surface area contributed by atoms with E-state index >= 15 is 0 Å². The van der Waals surface area contributed by atoms with Crippen molar-refractivity contribution in [3.05, 3.63) is 33.9 Å². The summed E-state index contributed by atoms with van der Waals surface area (Å²) in [6.45, 7) is 3.53. The fraction of sp³-hybridized carbons (Fsp3) is 0.308. The molecule has 23 heavy (non-hydrogen) atoms. The second-order valence-corrected chi connectivity index (χ2v) is 6.85. The third-order valence-corrected chi connectivity index (χ3v) is 4.85. The molecule has 0 aromatic carbocycles. The minimum Gasteiger partial charge on any atom is -0.375 e. The van der Waals surface area contributed by atoms with Crippen LogP contribution in [0.3, 0.4) is 0 Å². The molecule has 1 N–H and O–H groups in total. The van der Waals surface area contributed by atoms with Gasteiger partial charge in [0.1, 0.15) is 5.76 Å². The molecule has 3 aromatic rings. The van der Waals surface area contributed by atoms with Gasteiger partial charge < -0.3 is 9.84 Å². The number of carbonyl (C=O) groups excluding carboxylic acids is 1. The minimum absolute atomic E-state index is 0.104. The van der Waals surface area contributed by atoms with Crippen LogP contribution in [0.15, 0.2) is 25.8 Å². The largest absolute Gasteiger partial charge is 0.375 e. The minimum atomic E-state index is -0.258. The zero-order valence-electron chi connectivity index (χ0n) is 12.4. The van der Waals surface area contributed by atoms with Crippen LogP contribution in [0.25, 0.3) is 5.65 Å². The number of nitrogens with one attached hydrogen (secondary N) is 1. The maximum absolute atomic E-state index is 11.9. The van der Waals surface area contributed by atoms with Gasteiger partial charge in [0.05, 0.1) is 5.69 Å². The molecule has 0 radical (unpaired) electrons. The van der Waals surface area contributed by atoms with E-state index in [1.807, 2.05) is 0 Å². The van der Waals surface area contributed by atoms with E-state index in [4.69, 9.17) is 4.52 Å². The summed E-state index contributed by atoms with van der Waals surface area (Å²) >= 11 is 2.69. The molecule has 0 aliphatic carbocycles. The molecule has 3 aromatic heterocycles. The molecular formula is C13H13N5O3S2. The number of hydrogen-bond donors (Lipinski definition) is 1. The van der Waals surface area contributed by atoms with Crippen molar-refractivity contribution in [2.45, 2.75) is 30.4 Å². The first-order chi connectivity index (χ1) is 11.0. The Bertz CT molecular complexity index is 914. The molecule has 10 heteroatoms. The van der Waals surface area contributed by atoms with Crippen LogP contribution in [-0.2, 0) is 10.5 Å². The quantitative estimate of drug-likeness (QED) is 0.554. The highest BCUT2D eigenvalue weighted by molar-refractivity contribution is 8.00. The average Bonchev–Trinajstić information content (AvgIpc) is 3.11. The fourth-order valence-corrected chi connectivity index (χ4v) is 3.47. The van der Waals surface area contributed by atoms with E-state index in [1.165, 1.54) is 29.2 Å². The van der Waals surface area contributed by atoms with Crippen molar-refractivity contribution >= 4 is 39.8 Å². The van der Waals surface area contributed by atoms with Gasteiger partial charge in [-0.1, -0.05) is 30.0 Å². The molecule has 0 saturated heterocycles. The molecule has 0 fully saturated rings. The van der Waals surface area contributed by atoms with Gasteiger partial charge in [-0.2, -0.15) is 0 Å². The second-order valence-electron chi connectivity index (χ2n) is 4.65. The Morgan fingerprint density at radius 1 is 1.43 bits per heavy atom.